The van der Waals surface area contributed by atoms with E-state index in [1.807, 2.05) is 81.4 Å². The number of amides is 1. The third kappa shape index (κ3) is 5.82. The van der Waals surface area contributed by atoms with Crippen LogP contribution in [-0.2, 0) is 9.59 Å². The van der Waals surface area contributed by atoms with Crippen molar-refractivity contribution in [2.24, 2.45) is 0 Å². The first kappa shape index (κ1) is 29.8. The maximum atomic E-state index is 14.1. The van der Waals surface area contributed by atoms with Gasteiger partial charge in [0.25, 0.3) is 5.91 Å². The van der Waals surface area contributed by atoms with E-state index in [0.29, 0.717) is 59.3 Å². The normalized spacial score (nSPS) is 18.0. The molecular formula is C35H38N2O6. The van der Waals surface area contributed by atoms with Crippen LogP contribution >= 0.6 is 0 Å². The molecule has 0 saturated carbocycles. The molecule has 43 heavy (non-hydrogen) atoms. The monoisotopic (exact) mass is 582 g/mol. The number of carbonyl (C=O) groups excluding carboxylic acids is 2. The van der Waals surface area contributed by atoms with Gasteiger partial charge in [0.05, 0.1) is 27.9 Å². The number of aryl methyl sites for hydroxylation is 1. The predicted molar refractivity (Wildman–Crippen MR) is 166 cm³/mol. The summed E-state index contributed by atoms with van der Waals surface area (Å²) < 4.78 is 22.4. The van der Waals surface area contributed by atoms with Crippen molar-refractivity contribution in [3.63, 3.8) is 0 Å². The number of ether oxygens (including phenoxy) is 4. The summed E-state index contributed by atoms with van der Waals surface area (Å²) in [4.78, 5) is 28.1. The molecule has 0 aromatic heterocycles. The van der Waals surface area contributed by atoms with Gasteiger partial charge in [-0.1, -0.05) is 30.3 Å². The van der Waals surface area contributed by atoms with Crippen LogP contribution in [-0.4, -0.2) is 39.6 Å². The van der Waals surface area contributed by atoms with Crippen molar-refractivity contribution >= 4 is 17.4 Å². The number of nitrogens with one attached hydrogen (secondary N) is 2. The van der Waals surface area contributed by atoms with Crippen LogP contribution in [0.1, 0.15) is 55.2 Å². The van der Waals surface area contributed by atoms with Crippen LogP contribution in [0.5, 0.6) is 23.0 Å². The summed E-state index contributed by atoms with van der Waals surface area (Å²) in [6.07, 6.45) is 0.900. The molecule has 224 valence electrons. The van der Waals surface area contributed by atoms with Gasteiger partial charge in [0, 0.05) is 40.6 Å². The van der Waals surface area contributed by atoms with E-state index in [9.17, 15) is 9.59 Å². The lowest BCUT2D eigenvalue weighted by Gasteiger charge is -2.37. The van der Waals surface area contributed by atoms with E-state index in [-0.39, 0.29) is 17.6 Å². The lowest BCUT2D eigenvalue weighted by molar-refractivity contribution is -0.116. The Hall–Kier alpha value is -4.72. The fraction of sp³-hybridized carbons (Fsp3) is 0.314. The molecule has 1 amide bonds. The fourth-order valence-electron chi connectivity index (χ4n) is 6.06. The summed E-state index contributed by atoms with van der Waals surface area (Å²) >= 11 is 0. The largest absolute Gasteiger partial charge is 0.493 e. The zero-order chi connectivity index (χ0) is 30.7. The second kappa shape index (κ2) is 12.7. The topological polar surface area (TPSA) is 95.1 Å². The molecule has 0 bridgehead atoms. The van der Waals surface area contributed by atoms with Crippen molar-refractivity contribution in [2.75, 3.05) is 33.3 Å². The van der Waals surface area contributed by atoms with E-state index >= 15 is 0 Å². The minimum absolute atomic E-state index is 0.0138. The van der Waals surface area contributed by atoms with Crippen LogP contribution in [0.15, 0.2) is 83.2 Å². The van der Waals surface area contributed by atoms with E-state index in [4.69, 9.17) is 18.9 Å². The molecule has 1 aliphatic heterocycles. The molecule has 3 aromatic rings. The maximum absolute atomic E-state index is 14.1. The molecule has 3 aromatic carbocycles. The van der Waals surface area contributed by atoms with E-state index in [0.717, 1.165) is 28.1 Å². The lowest BCUT2D eigenvalue weighted by atomic mass is 9.71. The molecule has 8 nitrogen and oxygen atoms in total. The minimum atomic E-state index is -0.594. The van der Waals surface area contributed by atoms with Crippen LogP contribution in [0.4, 0.5) is 5.69 Å². The lowest BCUT2D eigenvalue weighted by Crippen LogP contribution is -2.37. The van der Waals surface area contributed by atoms with E-state index in [2.05, 4.69) is 10.6 Å². The minimum Gasteiger partial charge on any atom is -0.493 e. The molecule has 2 aliphatic rings. The molecule has 0 radical (unpaired) electrons. The second-order valence-corrected chi connectivity index (χ2v) is 10.7. The number of hydrogen-bond donors (Lipinski definition) is 2. The van der Waals surface area contributed by atoms with Crippen LogP contribution in [0.25, 0.3) is 0 Å². The first-order chi connectivity index (χ1) is 20.8. The number of anilines is 1. The number of benzene rings is 3. The first-order valence-corrected chi connectivity index (χ1v) is 14.4. The van der Waals surface area contributed by atoms with Crippen LogP contribution in [0, 0.1) is 6.92 Å². The number of methoxy groups -OCH3 is 3. The number of rotatable bonds is 9. The Kier molecular flexibility index (Phi) is 8.76. The van der Waals surface area contributed by atoms with Gasteiger partial charge in [0.1, 0.15) is 0 Å². The molecular weight excluding hydrogens is 544 g/mol. The van der Waals surface area contributed by atoms with Crippen LogP contribution in [0.3, 0.4) is 0 Å². The average Bonchev–Trinajstić information content (AvgIpc) is 3.01. The predicted octanol–water partition coefficient (Wildman–Crippen LogP) is 6.42. The molecule has 0 spiro atoms. The molecule has 1 aliphatic carbocycles. The number of dihydropyridines is 1. The van der Waals surface area contributed by atoms with Gasteiger partial charge >= 0.3 is 0 Å². The summed E-state index contributed by atoms with van der Waals surface area (Å²) in [7, 11) is 4.79. The molecule has 5 rings (SSSR count). The van der Waals surface area contributed by atoms with Crippen LogP contribution < -0.4 is 29.6 Å². The van der Waals surface area contributed by atoms with Gasteiger partial charge in [-0.25, -0.2) is 0 Å². The number of ketones is 1. The first-order valence-electron chi connectivity index (χ1n) is 14.4. The van der Waals surface area contributed by atoms with Crippen molar-refractivity contribution < 1.29 is 28.5 Å². The number of para-hydroxylation sites is 1. The summed E-state index contributed by atoms with van der Waals surface area (Å²) in [5.74, 6) is 1.47. The van der Waals surface area contributed by atoms with Crippen LogP contribution in [0.2, 0.25) is 0 Å². The Bertz CT molecular complexity index is 1620. The zero-order valence-electron chi connectivity index (χ0n) is 25.5. The Morgan fingerprint density at radius 3 is 2.21 bits per heavy atom. The molecule has 8 heteroatoms. The van der Waals surface area contributed by atoms with Gasteiger partial charge in [-0.05, 0) is 80.1 Å². The van der Waals surface area contributed by atoms with Crippen molar-refractivity contribution in [3.05, 3.63) is 99.9 Å². The highest BCUT2D eigenvalue weighted by atomic mass is 16.5. The van der Waals surface area contributed by atoms with Gasteiger partial charge in [0.15, 0.2) is 28.8 Å². The number of hydrogen-bond acceptors (Lipinski definition) is 7. The molecule has 0 fully saturated rings. The highest BCUT2D eigenvalue weighted by Gasteiger charge is 2.41. The average molecular weight is 583 g/mol. The highest BCUT2D eigenvalue weighted by Crippen LogP contribution is 2.47. The standard InChI is InChI=1S/C35H38N2O6/c1-7-43-29-15-13-23(19-31(29)42-6)33-32(35(39)37-25-11-9-8-10-20(25)2)21(3)36-26-16-24(17-27(38)34(26)33)22-12-14-28(40-4)30(18-22)41-5/h8-15,18-19,24,33,36H,7,16-17H2,1-6H3,(H,37,39)/t24-,33+/m0/s1. The maximum Gasteiger partial charge on any atom is 0.254 e. The number of allylic oxidation sites excluding steroid dienone is 3. The summed E-state index contributed by atoms with van der Waals surface area (Å²) in [5, 5.41) is 6.54. The van der Waals surface area contributed by atoms with Gasteiger partial charge in [0.2, 0.25) is 0 Å². The van der Waals surface area contributed by atoms with Gasteiger partial charge in [-0.15, -0.1) is 0 Å². The quantitative estimate of drug-likeness (QED) is 0.301. The van der Waals surface area contributed by atoms with Crippen molar-refractivity contribution in [2.45, 2.75) is 45.4 Å². The number of Topliss-reactive ketones (excluding diaryl/α,β-unsaturated/α-hetero) is 1. The molecule has 2 N–H and O–H groups in total. The Balaban J connectivity index is 1.59. The zero-order valence-corrected chi connectivity index (χ0v) is 25.5. The van der Waals surface area contributed by atoms with Crippen molar-refractivity contribution in [1.82, 2.24) is 5.32 Å². The molecule has 0 saturated heterocycles. The summed E-state index contributed by atoms with van der Waals surface area (Å²) in [6.45, 7) is 6.23. The third-order valence-electron chi connectivity index (χ3n) is 8.17. The molecule has 0 unspecified atom stereocenters. The van der Waals surface area contributed by atoms with Crippen molar-refractivity contribution in [3.8, 4) is 23.0 Å². The van der Waals surface area contributed by atoms with Gasteiger partial charge in [-0.3, -0.25) is 9.59 Å². The molecule has 2 atom stereocenters. The van der Waals surface area contributed by atoms with E-state index in [1.54, 1.807) is 21.3 Å². The summed E-state index contributed by atoms with van der Waals surface area (Å²) in [5.41, 5.74) is 6.05. The summed E-state index contributed by atoms with van der Waals surface area (Å²) in [6, 6.07) is 19.0. The Labute approximate surface area is 252 Å². The van der Waals surface area contributed by atoms with E-state index in [1.165, 1.54) is 0 Å². The smallest absolute Gasteiger partial charge is 0.254 e. The number of carbonyl (C=O) groups is 2. The Morgan fingerprint density at radius 2 is 1.51 bits per heavy atom. The third-order valence-corrected chi connectivity index (χ3v) is 8.17. The fourth-order valence-corrected chi connectivity index (χ4v) is 6.06. The van der Waals surface area contributed by atoms with Gasteiger partial charge in [-0.2, -0.15) is 0 Å². The molecule has 1 heterocycles. The second-order valence-electron chi connectivity index (χ2n) is 10.7. The SMILES string of the molecule is CCOc1ccc([C@@H]2C(C(=O)Nc3ccccc3C)=C(C)NC3=C2C(=O)C[C@@H](c2ccc(OC)c(OC)c2)C3)cc1OC. The van der Waals surface area contributed by atoms with Crippen molar-refractivity contribution in [1.29, 1.82) is 0 Å². The van der Waals surface area contributed by atoms with Gasteiger partial charge < -0.3 is 29.6 Å². The Morgan fingerprint density at radius 1 is 0.860 bits per heavy atom. The highest BCUT2D eigenvalue weighted by molar-refractivity contribution is 6.10. The van der Waals surface area contributed by atoms with E-state index < -0.39 is 5.92 Å².